The number of anilines is 2. The number of hydrogen-bond acceptors (Lipinski definition) is 4. The van der Waals surface area contributed by atoms with Crippen LogP contribution in [0.4, 0.5) is 10.8 Å². The van der Waals surface area contributed by atoms with Crippen molar-refractivity contribution in [3.8, 4) is 0 Å². The molecule has 0 spiro atoms. The van der Waals surface area contributed by atoms with Crippen LogP contribution in [0.1, 0.15) is 30.3 Å². The van der Waals surface area contributed by atoms with Crippen LogP contribution in [0.3, 0.4) is 0 Å². The molecule has 1 aromatic heterocycles. The van der Waals surface area contributed by atoms with Crippen molar-refractivity contribution in [2.45, 2.75) is 33.2 Å². The van der Waals surface area contributed by atoms with Crippen molar-refractivity contribution < 1.29 is 0 Å². The zero-order valence-electron chi connectivity index (χ0n) is 13.4. The summed E-state index contributed by atoms with van der Waals surface area (Å²) in [5, 5.41) is 5.47. The molecule has 1 aliphatic heterocycles. The summed E-state index contributed by atoms with van der Waals surface area (Å²) in [6, 6.07) is 5.40. The highest BCUT2D eigenvalue weighted by molar-refractivity contribution is 7.15. The minimum Gasteiger partial charge on any atom is -0.330 e. The Morgan fingerprint density at radius 3 is 2.78 bits per heavy atom. The fraction of sp³-hybridized carbons (Fsp3) is 0.471. The zero-order valence-corrected chi connectivity index (χ0v) is 15.7. The first-order chi connectivity index (χ1) is 11.0. The van der Waals surface area contributed by atoms with Gasteiger partial charge in [-0.2, -0.15) is 0 Å². The van der Waals surface area contributed by atoms with Crippen molar-refractivity contribution in [3.63, 3.8) is 0 Å². The molecule has 0 amide bonds. The molecule has 2 heterocycles. The van der Waals surface area contributed by atoms with Crippen LogP contribution < -0.4 is 5.32 Å². The van der Waals surface area contributed by atoms with Crippen molar-refractivity contribution in [2.24, 2.45) is 5.92 Å². The van der Waals surface area contributed by atoms with E-state index in [2.05, 4.69) is 24.1 Å². The molecule has 1 aromatic carbocycles. The summed E-state index contributed by atoms with van der Waals surface area (Å²) >= 11 is 13.9. The van der Waals surface area contributed by atoms with Crippen LogP contribution in [0.25, 0.3) is 0 Å². The third-order valence-electron chi connectivity index (χ3n) is 4.31. The van der Waals surface area contributed by atoms with Gasteiger partial charge in [-0.3, -0.25) is 4.90 Å². The Hall–Kier alpha value is -0.810. The molecule has 3 nitrogen and oxygen atoms in total. The van der Waals surface area contributed by atoms with Crippen LogP contribution in [0.15, 0.2) is 18.2 Å². The SMILES string of the molecule is Cc1sc(Nc2cc(Cl)ccc2Cl)nc1CN1CCC(C)CC1. The molecular weight excluding hydrogens is 349 g/mol. The molecule has 0 aliphatic carbocycles. The van der Waals surface area contributed by atoms with Gasteiger partial charge >= 0.3 is 0 Å². The van der Waals surface area contributed by atoms with E-state index >= 15 is 0 Å². The van der Waals surface area contributed by atoms with E-state index in [-0.39, 0.29) is 0 Å². The molecule has 0 saturated carbocycles. The predicted octanol–water partition coefficient (Wildman–Crippen LogP) is 5.73. The number of nitrogens with zero attached hydrogens (tertiary/aromatic N) is 2. The van der Waals surface area contributed by atoms with Gasteiger partial charge in [-0.25, -0.2) is 4.98 Å². The van der Waals surface area contributed by atoms with Crippen molar-refractivity contribution in [3.05, 3.63) is 38.8 Å². The molecule has 0 unspecified atom stereocenters. The number of likely N-dealkylation sites (tertiary alicyclic amines) is 1. The van der Waals surface area contributed by atoms with Gasteiger partial charge in [0.25, 0.3) is 0 Å². The smallest absolute Gasteiger partial charge is 0.187 e. The number of nitrogens with one attached hydrogen (secondary N) is 1. The highest BCUT2D eigenvalue weighted by atomic mass is 35.5. The highest BCUT2D eigenvalue weighted by Gasteiger charge is 2.18. The summed E-state index contributed by atoms with van der Waals surface area (Å²) in [4.78, 5) is 8.51. The lowest BCUT2D eigenvalue weighted by atomic mass is 9.99. The third-order valence-corrected chi connectivity index (χ3v) is 5.81. The molecule has 23 heavy (non-hydrogen) atoms. The average molecular weight is 370 g/mol. The summed E-state index contributed by atoms with van der Waals surface area (Å²) in [7, 11) is 0. The molecule has 3 rings (SSSR count). The zero-order chi connectivity index (χ0) is 16.4. The molecule has 0 atom stereocenters. The Labute approximate surface area is 151 Å². The number of benzene rings is 1. The van der Waals surface area contributed by atoms with Gasteiger partial charge in [0, 0.05) is 16.4 Å². The van der Waals surface area contributed by atoms with Gasteiger partial charge in [0.05, 0.1) is 16.4 Å². The first kappa shape index (κ1) is 17.0. The maximum absolute atomic E-state index is 6.21. The van der Waals surface area contributed by atoms with Gasteiger partial charge in [0.15, 0.2) is 5.13 Å². The quantitative estimate of drug-likeness (QED) is 0.745. The maximum Gasteiger partial charge on any atom is 0.187 e. The average Bonchev–Trinajstić information content (AvgIpc) is 2.85. The van der Waals surface area contributed by atoms with Crippen LogP contribution >= 0.6 is 34.5 Å². The molecule has 1 N–H and O–H groups in total. The van der Waals surface area contributed by atoms with Gasteiger partial charge in [0.2, 0.25) is 0 Å². The lowest BCUT2D eigenvalue weighted by molar-refractivity contribution is 0.183. The lowest BCUT2D eigenvalue weighted by Crippen LogP contribution is -2.32. The highest BCUT2D eigenvalue weighted by Crippen LogP contribution is 2.32. The Kier molecular flexibility index (Phi) is 5.47. The van der Waals surface area contributed by atoms with Crippen molar-refractivity contribution >= 4 is 45.4 Å². The topological polar surface area (TPSA) is 28.2 Å². The predicted molar refractivity (Wildman–Crippen MR) is 100 cm³/mol. The number of piperidine rings is 1. The molecule has 6 heteroatoms. The monoisotopic (exact) mass is 369 g/mol. The first-order valence-corrected chi connectivity index (χ1v) is 9.49. The van der Waals surface area contributed by atoms with Crippen molar-refractivity contribution in [2.75, 3.05) is 18.4 Å². The molecular formula is C17H21Cl2N3S. The van der Waals surface area contributed by atoms with Crippen LogP contribution in [0, 0.1) is 12.8 Å². The Morgan fingerprint density at radius 2 is 2.04 bits per heavy atom. The minimum atomic E-state index is 0.647. The molecule has 1 fully saturated rings. The Bertz CT molecular complexity index is 678. The fourth-order valence-corrected chi connectivity index (χ4v) is 3.94. The summed E-state index contributed by atoms with van der Waals surface area (Å²) in [5.74, 6) is 0.852. The first-order valence-electron chi connectivity index (χ1n) is 7.92. The van der Waals surface area contributed by atoms with E-state index in [1.165, 1.54) is 30.8 Å². The molecule has 1 aliphatic rings. The standard InChI is InChI=1S/C17H21Cl2N3S/c1-11-5-7-22(8-6-11)10-16-12(2)23-17(21-16)20-15-9-13(18)3-4-14(15)19/h3-4,9,11H,5-8,10H2,1-2H3,(H,20,21). The molecule has 124 valence electrons. The second-order valence-electron chi connectivity index (χ2n) is 6.23. The summed E-state index contributed by atoms with van der Waals surface area (Å²) in [6.45, 7) is 7.73. The van der Waals surface area contributed by atoms with E-state index in [1.807, 2.05) is 6.07 Å². The second kappa shape index (κ2) is 7.39. The van der Waals surface area contributed by atoms with Gasteiger partial charge in [-0.1, -0.05) is 30.1 Å². The summed E-state index contributed by atoms with van der Waals surface area (Å²) in [6.07, 6.45) is 2.57. The second-order valence-corrected chi connectivity index (χ2v) is 8.28. The van der Waals surface area contributed by atoms with Gasteiger partial charge < -0.3 is 5.32 Å². The number of rotatable bonds is 4. The van der Waals surface area contributed by atoms with E-state index in [0.29, 0.717) is 10.0 Å². The molecule has 0 bridgehead atoms. The largest absolute Gasteiger partial charge is 0.330 e. The molecule has 1 saturated heterocycles. The van der Waals surface area contributed by atoms with Gasteiger partial charge in [-0.15, -0.1) is 11.3 Å². The van der Waals surface area contributed by atoms with Crippen molar-refractivity contribution in [1.82, 2.24) is 9.88 Å². The van der Waals surface area contributed by atoms with E-state index in [1.54, 1.807) is 23.5 Å². The Balaban J connectivity index is 1.69. The van der Waals surface area contributed by atoms with Crippen molar-refractivity contribution in [1.29, 1.82) is 0 Å². The van der Waals surface area contributed by atoms with Gasteiger partial charge in [-0.05, 0) is 57.0 Å². The normalized spacial score (nSPS) is 16.7. The molecule has 0 radical (unpaired) electrons. The van der Waals surface area contributed by atoms with Crippen LogP contribution in [0.2, 0.25) is 10.0 Å². The number of thiazole rings is 1. The van der Waals surface area contributed by atoms with Crippen LogP contribution in [-0.4, -0.2) is 23.0 Å². The number of aromatic nitrogens is 1. The molecule has 2 aromatic rings. The summed E-state index contributed by atoms with van der Waals surface area (Å²) in [5.41, 5.74) is 1.96. The van der Waals surface area contributed by atoms with E-state index in [0.717, 1.165) is 29.0 Å². The Morgan fingerprint density at radius 1 is 1.30 bits per heavy atom. The number of halogens is 2. The number of hydrogen-bond donors (Lipinski definition) is 1. The lowest BCUT2D eigenvalue weighted by Gasteiger charge is -2.29. The van der Waals surface area contributed by atoms with Gasteiger partial charge in [0.1, 0.15) is 0 Å². The fourth-order valence-electron chi connectivity index (χ4n) is 2.77. The summed E-state index contributed by atoms with van der Waals surface area (Å²) < 4.78 is 0. The maximum atomic E-state index is 6.21. The third kappa shape index (κ3) is 4.38. The van der Waals surface area contributed by atoms with E-state index < -0.39 is 0 Å². The van der Waals surface area contributed by atoms with E-state index in [9.17, 15) is 0 Å². The minimum absolute atomic E-state index is 0.647. The number of aryl methyl sites for hydroxylation is 1. The van der Waals surface area contributed by atoms with Crippen LogP contribution in [0.5, 0.6) is 0 Å². The van der Waals surface area contributed by atoms with E-state index in [4.69, 9.17) is 28.2 Å². The van der Waals surface area contributed by atoms with Crippen LogP contribution in [-0.2, 0) is 6.54 Å².